The minimum absolute atomic E-state index is 0.000242. The molecule has 0 heterocycles. The molecule has 0 saturated heterocycles. The number of carbonyl (C=O) groups is 1. The first-order chi connectivity index (χ1) is 6.41. The lowest BCUT2D eigenvalue weighted by Gasteiger charge is -2.23. The third-order valence-electron chi connectivity index (χ3n) is 2.69. The summed E-state index contributed by atoms with van der Waals surface area (Å²) >= 11 is 0. The summed E-state index contributed by atoms with van der Waals surface area (Å²) in [6, 6.07) is -0.000242. The highest BCUT2D eigenvalue weighted by atomic mass is 16.1. The minimum Gasteiger partial charge on any atom is -0.356 e. The van der Waals surface area contributed by atoms with Crippen molar-refractivity contribution in [3.05, 3.63) is 0 Å². The Hall–Kier alpha value is -0.570. The first-order valence-corrected chi connectivity index (χ1v) is 5.43. The Morgan fingerprint density at radius 3 is 2.43 bits per heavy atom. The van der Waals surface area contributed by atoms with Gasteiger partial charge in [-0.2, -0.15) is 0 Å². The smallest absolute Gasteiger partial charge is 0.221 e. The standard InChI is InChI=1S/C11H24N2O/c1-5-9(12)7-10(14)13-8-11(3,4)6-2/h9H,5-8,12H2,1-4H3,(H,13,14). The van der Waals surface area contributed by atoms with Gasteiger partial charge in [-0.1, -0.05) is 27.7 Å². The van der Waals surface area contributed by atoms with Crippen molar-refractivity contribution in [2.45, 2.75) is 53.0 Å². The number of hydrogen-bond donors (Lipinski definition) is 2. The number of carbonyl (C=O) groups excluding carboxylic acids is 1. The molecule has 0 aliphatic rings. The van der Waals surface area contributed by atoms with Crippen molar-refractivity contribution in [3.8, 4) is 0 Å². The van der Waals surface area contributed by atoms with Gasteiger partial charge < -0.3 is 11.1 Å². The zero-order valence-electron chi connectivity index (χ0n) is 9.89. The molecule has 1 atom stereocenters. The number of amides is 1. The second-order valence-electron chi connectivity index (χ2n) is 4.67. The summed E-state index contributed by atoms with van der Waals surface area (Å²) in [6.45, 7) is 9.15. The number of hydrogen-bond acceptors (Lipinski definition) is 2. The van der Waals surface area contributed by atoms with Crippen LogP contribution < -0.4 is 11.1 Å². The summed E-state index contributed by atoms with van der Waals surface area (Å²) in [5, 5.41) is 2.92. The molecule has 0 spiro atoms. The van der Waals surface area contributed by atoms with E-state index in [4.69, 9.17) is 5.73 Å². The molecule has 84 valence electrons. The fraction of sp³-hybridized carbons (Fsp3) is 0.909. The van der Waals surface area contributed by atoms with Gasteiger partial charge in [0.15, 0.2) is 0 Å². The molecule has 0 aliphatic carbocycles. The van der Waals surface area contributed by atoms with E-state index in [-0.39, 0.29) is 17.4 Å². The van der Waals surface area contributed by atoms with Gasteiger partial charge in [0.2, 0.25) is 5.91 Å². The predicted molar refractivity (Wildman–Crippen MR) is 60.0 cm³/mol. The molecule has 0 aromatic carbocycles. The van der Waals surface area contributed by atoms with Crippen molar-refractivity contribution in [1.29, 1.82) is 0 Å². The Morgan fingerprint density at radius 1 is 1.43 bits per heavy atom. The van der Waals surface area contributed by atoms with Crippen LogP contribution >= 0.6 is 0 Å². The van der Waals surface area contributed by atoms with Gasteiger partial charge in [0.25, 0.3) is 0 Å². The molecule has 1 unspecified atom stereocenters. The van der Waals surface area contributed by atoms with E-state index in [0.717, 1.165) is 19.4 Å². The molecular formula is C11H24N2O. The van der Waals surface area contributed by atoms with Gasteiger partial charge in [-0.05, 0) is 18.3 Å². The van der Waals surface area contributed by atoms with Crippen LogP contribution in [-0.2, 0) is 4.79 Å². The molecule has 14 heavy (non-hydrogen) atoms. The second-order valence-corrected chi connectivity index (χ2v) is 4.67. The van der Waals surface area contributed by atoms with Crippen LogP contribution in [0.3, 0.4) is 0 Å². The third kappa shape index (κ3) is 5.97. The van der Waals surface area contributed by atoms with Crippen molar-refractivity contribution in [2.75, 3.05) is 6.54 Å². The van der Waals surface area contributed by atoms with Crippen molar-refractivity contribution in [2.24, 2.45) is 11.1 Å². The van der Waals surface area contributed by atoms with Gasteiger partial charge in [0.1, 0.15) is 0 Å². The second kappa shape index (κ2) is 6.02. The van der Waals surface area contributed by atoms with Gasteiger partial charge in [-0.25, -0.2) is 0 Å². The maximum Gasteiger partial charge on any atom is 0.221 e. The number of nitrogens with two attached hydrogens (primary N) is 1. The Kier molecular flexibility index (Phi) is 5.77. The van der Waals surface area contributed by atoms with E-state index in [1.807, 2.05) is 6.92 Å². The monoisotopic (exact) mass is 200 g/mol. The first-order valence-electron chi connectivity index (χ1n) is 5.43. The van der Waals surface area contributed by atoms with Gasteiger partial charge >= 0.3 is 0 Å². The molecule has 0 rings (SSSR count). The molecule has 0 aliphatic heterocycles. The minimum atomic E-state index is -0.000242. The van der Waals surface area contributed by atoms with Crippen LogP contribution in [-0.4, -0.2) is 18.5 Å². The summed E-state index contributed by atoms with van der Waals surface area (Å²) in [5.74, 6) is 0.0703. The van der Waals surface area contributed by atoms with E-state index in [9.17, 15) is 4.79 Å². The summed E-state index contributed by atoms with van der Waals surface area (Å²) < 4.78 is 0. The quantitative estimate of drug-likeness (QED) is 0.685. The van der Waals surface area contributed by atoms with E-state index >= 15 is 0 Å². The highest BCUT2D eigenvalue weighted by Gasteiger charge is 2.16. The van der Waals surface area contributed by atoms with Crippen molar-refractivity contribution >= 4 is 5.91 Å². The summed E-state index contributed by atoms with van der Waals surface area (Å²) in [4.78, 5) is 11.4. The van der Waals surface area contributed by atoms with E-state index in [0.29, 0.717) is 6.42 Å². The molecule has 3 N–H and O–H groups in total. The fourth-order valence-corrected chi connectivity index (χ4v) is 0.917. The Morgan fingerprint density at radius 2 is 2.00 bits per heavy atom. The third-order valence-corrected chi connectivity index (χ3v) is 2.69. The highest BCUT2D eigenvalue weighted by Crippen LogP contribution is 2.17. The number of nitrogens with one attached hydrogen (secondary N) is 1. The Bertz CT molecular complexity index is 178. The molecule has 3 heteroatoms. The molecule has 0 radical (unpaired) electrons. The van der Waals surface area contributed by atoms with Crippen LogP contribution in [0.1, 0.15) is 47.0 Å². The lowest BCUT2D eigenvalue weighted by Crippen LogP contribution is -2.36. The largest absolute Gasteiger partial charge is 0.356 e. The SMILES string of the molecule is CCC(N)CC(=O)NCC(C)(C)CC. The molecule has 0 fully saturated rings. The molecule has 1 amide bonds. The topological polar surface area (TPSA) is 55.1 Å². The normalized spacial score (nSPS) is 13.8. The zero-order valence-corrected chi connectivity index (χ0v) is 9.89. The van der Waals surface area contributed by atoms with E-state index < -0.39 is 0 Å². The predicted octanol–water partition coefficient (Wildman–Crippen LogP) is 1.67. The Balaban J connectivity index is 3.74. The average Bonchev–Trinajstić information content (AvgIpc) is 2.15. The maximum absolute atomic E-state index is 11.4. The molecule has 0 aromatic rings. The lowest BCUT2D eigenvalue weighted by molar-refractivity contribution is -0.121. The van der Waals surface area contributed by atoms with Crippen LogP contribution in [0.2, 0.25) is 0 Å². The van der Waals surface area contributed by atoms with Crippen LogP contribution in [0.5, 0.6) is 0 Å². The fourth-order valence-electron chi connectivity index (χ4n) is 0.917. The van der Waals surface area contributed by atoms with Crippen molar-refractivity contribution in [1.82, 2.24) is 5.32 Å². The van der Waals surface area contributed by atoms with Crippen molar-refractivity contribution < 1.29 is 4.79 Å². The summed E-state index contributed by atoms with van der Waals surface area (Å²) in [6.07, 6.45) is 2.36. The van der Waals surface area contributed by atoms with Crippen LogP contribution in [0.25, 0.3) is 0 Å². The summed E-state index contributed by atoms with van der Waals surface area (Å²) in [5.41, 5.74) is 5.87. The van der Waals surface area contributed by atoms with E-state index in [2.05, 4.69) is 26.1 Å². The average molecular weight is 200 g/mol. The highest BCUT2D eigenvalue weighted by molar-refractivity contribution is 5.76. The number of rotatable bonds is 6. The Labute approximate surface area is 87.4 Å². The van der Waals surface area contributed by atoms with Crippen molar-refractivity contribution in [3.63, 3.8) is 0 Å². The van der Waals surface area contributed by atoms with Crippen LogP contribution in [0.4, 0.5) is 0 Å². The lowest BCUT2D eigenvalue weighted by atomic mass is 9.90. The molecule has 0 saturated carbocycles. The first kappa shape index (κ1) is 13.4. The van der Waals surface area contributed by atoms with Crippen LogP contribution in [0, 0.1) is 5.41 Å². The summed E-state index contributed by atoms with van der Waals surface area (Å²) in [7, 11) is 0. The molecular weight excluding hydrogens is 176 g/mol. The van der Waals surface area contributed by atoms with E-state index in [1.54, 1.807) is 0 Å². The van der Waals surface area contributed by atoms with Gasteiger partial charge in [-0.3, -0.25) is 4.79 Å². The van der Waals surface area contributed by atoms with Crippen LogP contribution in [0.15, 0.2) is 0 Å². The zero-order chi connectivity index (χ0) is 11.2. The molecule has 0 bridgehead atoms. The maximum atomic E-state index is 11.4. The molecule has 3 nitrogen and oxygen atoms in total. The molecule has 0 aromatic heterocycles. The van der Waals surface area contributed by atoms with Gasteiger partial charge in [0, 0.05) is 19.0 Å². The van der Waals surface area contributed by atoms with Gasteiger partial charge in [0.05, 0.1) is 0 Å². The van der Waals surface area contributed by atoms with Gasteiger partial charge in [-0.15, -0.1) is 0 Å². The van der Waals surface area contributed by atoms with E-state index in [1.165, 1.54) is 0 Å².